The lowest BCUT2D eigenvalue weighted by molar-refractivity contribution is 0.942. The summed E-state index contributed by atoms with van der Waals surface area (Å²) in [6.07, 6.45) is 4.03. The number of hydrogen-bond donors (Lipinski definition) is 1. The van der Waals surface area contributed by atoms with Gasteiger partial charge in [0, 0.05) is 5.56 Å². The van der Waals surface area contributed by atoms with Gasteiger partial charge in [-0.1, -0.05) is 97.1 Å². The van der Waals surface area contributed by atoms with Gasteiger partial charge in [-0.3, -0.25) is 0 Å². The van der Waals surface area contributed by atoms with Crippen LogP contribution in [0, 0.1) is 0 Å². The minimum Gasteiger partial charge on any atom is -0.197 e. The van der Waals surface area contributed by atoms with E-state index in [1.807, 2.05) is 12.1 Å². The standard InChI is InChI=1S/C26H19N3/c1-3-9-19(10-4-1)17-24(20-11-5-2-6-12-20)23-16-15-21-13-7-8-14-22(21)26(23)25-18-27-29-28-25/h1-18H,(H,27,28,29). The lowest BCUT2D eigenvalue weighted by atomic mass is 9.88. The number of nitrogens with zero attached hydrogens (tertiary/aromatic N) is 2. The van der Waals surface area contributed by atoms with Gasteiger partial charge in [-0.25, -0.2) is 0 Å². The Morgan fingerprint density at radius 2 is 1.45 bits per heavy atom. The van der Waals surface area contributed by atoms with Gasteiger partial charge in [-0.2, -0.15) is 15.4 Å². The van der Waals surface area contributed by atoms with E-state index >= 15 is 0 Å². The average Bonchev–Trinajstić information content (AvgIpc) is 3.32. The molecule has 0 aliphatic carbocycles. The number of H-pyrrole nitrogens is 1. The van der Waals surface area contributed by atoms with Crippen LogP contribution in [0.1, 0.15) is 16.7 Å². The van der Waals surface area contributed by atoms with Crippen molar-refractivity contribution in [3.63, 3.8) is 0 Å². The number of nitrogens with one attached hydrogen (secondary N) is 1. The molecule has 0 saturated carbocycles. The number of benzene rings is 4. The van der Waals surface area contributed by atoms with Crippen LogP contribution in [0.3, 0.4) is 0 Å². The van der Waals surface area contributed by atoms with E-state index in [4.69, 9.17) is 0 Å². The maximum absolute atomic E-state index is 4.42. The predicted molar refractivity (Wildman–Crippen MR) is 119 cm³/mol. The van der Waals surface area contributed by atoms with Gasteiger partial charge in [0.15, 0.2) is 0 Å². The van der Waals surface area contributed by atoms with Crippen LogP contribution >= 0.6 is 0 Å². The van der Waals surface area contributed by atoms with Crippen LogP contribution in [0.2, 0.25) is 0 Å². The molecule has 3 nitrogen and oxygen atoms in total. The Morgan fingerprint density at radius 1 is 0.724 bits per heavy atom. The first-order chi connectivity index (χ1) is 14.4. The SMILES string of the molecule is C(=C(c1ccccc1)c1ccc2ccccc2c1-c1cn[nH]n1)c1ccccc1. The molecular formula is C26H19N3. The van der Waals surface area contributed by atoms with E-state index in [1.165, 1.54) is 5.39 Å². The Kier molecular flexibility index (Phi) is 4.47. The second-order valence-corrected chi connectivity index (χ2v) is 6.90. The van der Waals surface area contributed by atoms with E-state index in [2.05, 4.69) is 106 Å². The fraction of sp³-hybridized carbons (Fsp3) is 0. The molecule has 0 atom stereocenters. The van der Waals surface area contributed by atoms with Crippen molar-refractivity contribution < 1.29 is 0 Å². The van der Waals surface area contributed by atoms with Gasteiger partial charge in [0.25, 0.3) is 0 Å². The van der Waals surface area contributed by atoms with Crippen molar-refractivity contribution in [2.24, 2.45) is 0 Å². The molecule has 0 aliphatic rings. The van der Waals surface area contributed by atoms with E-state index in [0.717, 1.165) is 38.9 Å². The zero-order valence-electron chi connectivity index (χ0n) is 15.8. The van der Waals surface area contributed by atoms with Crippen LogP contribution in [0.5, 0.6) is 0 Å². The van der Waals surface area contributed by atoms with E-state index in [1.54, 1.807) is 6.20 Å². The van der Waals surface area contributed by atoms with Gasteiger partial charge >= 0.3 is 0 Å². The summed E-state index contributed by atoms with van der Waals surface area (Å²) in [5.74, 6) is 0. The average molecular weight is 373 g/mol. The highest BCUT2D eigenvalue weighted by Crippen LogP contribution is 2.38. The Balaban J connectivity index is 1.84. The minimum atomic E-state index is 0.840. The Bertz CT molecular complexity index is 1270. The molecule has 3 heteroatoms. The van der Waals surface area contributed by atoms with Crippen LogP contribution in [0.25, 0.3) is 33.7 Å². The van der Waals surface area contributed by atoms with Crippen molar-refractivity contribution in [1.82, 2.24) is 15.4 Å². The molecule has 138 valence electrons. The molecule has 5 aromatic rings. The number of aromatic nitrogens is 3. The molecule has 1 N–H and O–H groups in total. The zero-order valence-corrected chi connectivity index (χ0v) is 15.8. The van der Waals surface area contributed by atoms with Crippen LogP contribution < -0.4 is 0 Å². The molecule has 4 aromatic carbocycles. The largest absolute Gasteiger partial charge is 0.197 e. The van der Waals surface area contributed by atoms with Crippen molar-refractivity contribution in [1.29, 1.82) is 0 Å². The molecule has 0 amide bonds. The molecule has 1 aromatic heterocycles. The summed E-state index contributed by atoms with van der Waals surface area (Å²) in [4.78, 5) is 0. The Morgan fingerprint density at radius 3 is 2.21 bits per heavy atom. The highest BCUT2D eigenvalue weighted by Gasteiger charge is 2.16. The van der Waals surface area contributed by atoms with Crippen molar-refractivity contribution >= 4 is 22.4 Å². The molecule has 5 rings (SSSR count). The molecule has 0 aliphatic heterocycles. The summed E-state index contributed by atoms with van der Waals surface area (Å²) in [6.45, 7) is 0. The summed E-state index contributed by atoms with van der Waals surface area (Å²) in [6, 6.07) is 33.7. The highest BCUT2D eigenvalue weighted by atomic mass is 15.3. The third-order valence-corrected chi connectivity index (χ3v) is 5.09. The lowest BCUT2D eigenvalue weighted by Gasteiger charge is -2.15. The van der Waals surface area contributed by atoms with Crippen molar-refractivity contribution in [2.45, 2.75) is 0 Å². The van der Waals surface area contributed by atoms with Gasteiger partial charge in [-0.05, 0) is 39.1 Å². The summed E-state index contributed by atoms with van der Waals surface area (Å²) >= 11 is 0. The molecule has 0 fully saturated rings. The summed E-state index contributed by atoms with van der Waals surface area (Å²) in [7, 11) is 0. The monoisotopic (exact) mass is 373 g/mol. The second kappa shape index (κ2) is 7.56. The molecular weight excluding hydrogens is 354 g/mol. The highest BCUT2D eigenvalue weighted by molar-refractivity contribution is 6.05. The topological polar surface area (TPSA) is 41.6 Å². The zero-order chi connectivity index (χ0) is 19.5. The molecule has 0 unspecified atom stereocenters. The van der Waals surface area contributed by atoms with E-state index in [9.17, 15) is 0 Å². The van der Waals surface area contributed by atoms with Crippen LogP contribution in [-0.2, 0) is 0 Å². The van der Waals surface area contributed by atoms with E-state index in [-0.39, 0.29) is 0 Å². The number of aromatic amines is 1. The van der Waals surface area contributed by atoms with Crippen LogP contribution in [-0.4, -0.2) is 15.4 Å². The van der Waals surface area contributed by atoms with Crippen LogP contribution in [0.15, 0.2) is 103 Å². The number of rotatable bonds is 4. The smallest absolute Gasteiger partial charge is 0.114 e. The van der Waals surface area contributed by atoms with Crippen molar-refractivity contribution in [2.75, 3.05) is 0 Å². The second-order valence-electron chi connectivity index (χ2n) is 6.90. The quantitative estimate of drug-likeness (QED) is 0.380. The minimum absolute atomic E-state index is 0.840. The first-order valence-electron chi connectivity index (χ1n) is 9.60. The predicted octanol–water partition coefficient (Wildman–Crippen LogP) is 6.21. The normalized spacial score (nSPS) is 11.7. The van der Waals surface area contributed by atoms with Crippen molar-refractivity contribution in [3.05, 3.63) is 120 Å². The third-order valence-electron chi connectivity index (χ3n) is 5.09. The number of fused-ring (bicyclic) bond motifs is 1. The Labute approximate surface area is 169 Å². The molecule has 29 heavy (non-hydrogen) atoms. The molecule has 1 heterocycles. The first kappa shape index (κ1) is 17.1. The van der Waals surface area contributed by atoms with Crippen molar-refractivity contribution in [3.8, 4) is 11.3 Å². The lowest BCUT2D eigenvalue weighted by Crippen LogP contribution is -1.94. The molecule has 0 saturated heterocycles. The van der Waals surface area contributed by atoms with Gasteiger partial charge in [0.1, 0.15) is 5.69 Å². The number of hydrogen-bond acceptors (Lipinski definition) is 2. The molecule has 0 spiro atoms. The maximum atomic E-state index is 4.42. The molecule has 0 bridgehead atoms. The summed E-state index contributed by atoms with van der Waals surface area (Å²) < 4.78 is 0. The van der Waals surface area contributed by atoms with Crippen LogP contribution in [0.4, 0.5) is 0 Å². The maximum Gasteiger partial charge on any atom is 0.114 e. The Hall–Kier alpha value is -3.98. The fourth-order valence-corrected chi connectivity index (χ4v) is 3.74. The molecule has 0 radical (unpaired) electrons. The van der Waals surface area contributed by atoms with E-state index < -0.39 is 0 Å². The van der Waals surface area contributed by atoms with Gasteiger partial charge < -0.3 is 0 Å². The van der Waals surface area contributed by atoms with E-state index in [0.29, 0.717) is 0 Å². The third kappa shape index (κ3) is 3.34. The first-order valence-corrected chi connectivity index (χ1v) is 9.60. The summed E-state index contributed by atoms with van der Waals surface area (Å²) in [5.41, 5.74) is 6.53. The fourth-order valence-electron chi connectivity index (χ4n) is 3.74. The van der Waals surface area contributed by atoms with Gasteiger partial charge in [0.2, 0.25) is 0 Å². The van der Waals surface area contributed by atoms with Gasteiger partial charge in [0.05, 0.1) is 6.20 Å². The van der Waals surface area contributed by atoms with Gasteiger partial charge in [-0.15, -0.1) is 0 Å². The summed E-state index contributed by atoms with van der Waals surface area (Å²) in [5, 5.41) is 13.6.